The van der Waals surface area contributed by atoms with Crippen molar-refractivity contribution in [1.82, 2.24) is 0 Å². The van der Waals surface area contributed by atoms with Crippen LogP contribution in [0.2, 0.25) is 0 Å². The molecule has 0 aromatic rings. The van der Waals surface area contributed by atoms with Crippen LogP contribution in [0.15, 0.2) is 36.0 Å². The first-order valence-electron chi connectivity index (χ1n) is 3.06. The maximum Gasteiger partial charge on any atom is 0.212 e. The molecule has 0 saturated heterocycles. The summed E-state index contributed by atoms with van der Waals surface area (Å²) in [7, 11) is 0. The number of thiol groups is 1. The van der Waals surface area contributed by atoms with Crippen LogP contribution in [0.5, 0.6) is 0 Å². The Morgan fingerprint density at radius 1 is 1.40 bits per heavy atom. The fourth-order valence-corrected chi connectivity index (χ4v) is 0.902. The minimum absolute atomic E-state index is 0.142. The zero-order chi connectivity index (χ0) is 7.40. The first-order chi connectivity index (χ1) is 4.80. The van der Waals surface area contributed by atoms with E-state index in [4.69, 9.17) is 0 Å². The zero-order valence-electron chi connectivity index (χ0n) is 5.45. The fraction of sp³-hybridized carbons (Fsp3) is 0.125. The maximum absolute atomic E-state index is 10.7. The summed E-state index contributed by atoms with van der Waals surface area (Å²) in [6.45, 7) is 0. The van der Waals surface area contributed by atoms with E-state index in [-0.39, 0.29) is 5.12 Å². The van der Waals surface area contributed by atoms with Crippen molar-refractivity contribution in [2.45, 2.75) is 6.42 Å². The second kappa shape index (κ2) is 3.42. The van der Waals surface area contributed by atoms with Gasteiger partial charge in [-0.25, -0.2) is 0 Å². The van der Waals surface area contributed by atoms with Crippen molar-refractivity contribution in [2.24, 2.45) is 0 Å². The minimum atomic E-state index is -0.142. The summed E-state index contributed by atoms with van der Waals surface area (Å²) in [5, 5.41) is -0.142. The van der Waals surface area contributed by atoms with Gasteiger partial charge >= 0.3 is 0 Å². The van der Waals surface area contributed by atoms with Gasteiger partial charge in [0.15, 0.2) is 0 Å². The standard InChI is InChI=1S/C8H8OS/c9-8(10)7-5-3-1-2-4-6-7/h1-5H,6H2,(H,9,10). The van der Waals surface area contributed by atoms with Crippen molar-refractivity contribution in [3.63, 3.8) is 0 Å². The lowest BCUT2D eigenvalue weighted by atomic mass is 10.2. The summed E-state index contributed by atoms with van der Waals surface area (Å²) < 4.78 is 0. The highest BCUT2D eigenvalue weighted by molar-refractivity contribution is 7.97. The summed E-state index contributed by atoms with van der Waals surface area (Å²) >= 11 is 3.71. The van der Waals surface area contributed by atoms with Gasteiger partial charge in [-0.3, -0.25) is 4.79 Å². The molecule has 52 valence electrons. The van der Waals surface area contributed by atoms with Gasteiger partial charge in [0.2, 0.25) is 5.12 Å². The predicted octanol–water partition coefficient (Wildman–Crippen LogP) is 1.89. The van der Waals surface area contributed by atoms with Gasteiger partial charge in [0.25, 0.3) is 0 Å². The van der Waals surface area contributed by atoms with Crippen molar-refractivity contribution in [3.05, 3.63) is 36.0 Å². The monoisotopic (exact) mass is 152 g/mol. The van der Waals surface area contributed by atoms with Gasteiger partial charge in [-0.2, -0.15) is 0 Å². The molecule has 0 N–H and O–H groups in total. The van der Waals surface area contributed by atoms with E-state index in [9.17, 15) is 4.79 Å². The number of hydrogen-bond donors (Lipinski definition) is 1. The van der Waals surface area contributed by atoms with Gasteiger partial charge in [-0.05, 0) is 6.42 Å². The second-order valence-corrected chi connectivity index (χ2v) is 2.42. The molecule has 0 aliphatic heterocycles. The molecule has 0 saturated carbocycles. The summed E-state index contributed by atoms with van der Waals surface area (Å²) in [6.07, 6.45) is 10.1. The van der Waals surface area contributed by atoms with Crippen molar-refractivity contribution < 1.29 is 4.79 Å². The fourth-order valence-electron chi connectivity index (χ4n) is 0.736. The molecule has 1 aliphatic carbocycles. The molecular weight excluding hydrogens is 144 g/mol. The molecule has 2 heteroatoms. The number of carbonyl (C=O) groups excluding carboxylic acids is 1. The minimum Gasteiger partial charge on any atom is -0.282 e. The molecule has 0 fully saturated rings. The Morgan fingerprint density at radius 2 is 2.20 bits per heavy atom. The van der Waals surface area contributed by atoms with Gasteiger partial charge < -0.3 is 0 Å². The Morgan fingerprint density at radius 3 is 2.90 bits per heavy atom. The van der Waals surface area contributed by atoms with E-state index >= 15 is 0 Å². The van der Waals surface area contributed by atoms with Gasteiger partial charge in [0, 0.05) is 5.57 Å². The highest BCUT2D eigenvalue weighted by Gasteiger charge is 2.00. The maximum atomic E-state index is 10.7. The third-order valence-electron chi connectivity index (χ3n) is 1.27. The molecule has 1 rings (SSSR count). The third kappa shape index (κ3) is 1.88. The Kier molecular flexibility index (Phi) is 2.51. The van der Waals surface area contributed by atoms with Gasteiger partial charge in [-0.1, -0.05) is 30.4 Å². The average molecular weight is 152 g/mol. The lowest BCUT2D eigenvalue weighted by Crippen LogP contribution is -1.90. The molecule has 0 amide bonds. The van der Waals surface area contributed by atoms with Crippen LogP contribution >= 0.6 is 12.6 Å². The number of hydrogen-bond acceptors (Lipinski definition) is 1. The number of rotatable bonds is 1. The molecule has 1 aliphatic rings. The van der Waals surface area contributed by atoms with Crippen LogP contribution in [0.3, 0.4) is 0 Å². The van der Waals surface area contributed by atoms with Crippen molar-refractivity contribution in [3.8, 4) is 0 Å². The van der Waals surface area contributed by atoms with Crippen molar-refractivity contribution >= 4 is 17.7 Å². The van der Waals surface area contributed by atoms with Gasteiger partial charge in [0.1, 0.15) is 0 Å². The van der Waals surface area contributed by atoms with E-state index in [1.165, 1.54) is 0 Å². The van der Waals surface area contributed by atoms with Crippen LogP contribution in [-0.2, 0) is 4.79 Å². The molecule has 0 unspecified atom stereocenters. The first kappa shape index (κ1) is 7.35. The van der Waals surface area contributed by atoms with E-state index in [1.807, 2.05) is 24.3 Å². The molecule has 0 spiro atoms. The molecule has 0 atom stereocenters. The third-order valence-corrected chi connectivity index (χ3v) is 1.56. The highest BCUT2D eigenvalue weighted by Crippen LogP contribution is 2.09. The zero-order valence-corrected chi connectivity index (χ0v) is 6.34. The van der Waals surface area contributed by atoms with Crippen LogP contribution < -0.4 is 0 Å². The van der Waals surface area contributed by atoms with Crippen molar-refractivity contribution in [1.29, 1.82) is 0 Å². The van der Waals surface area contributed by atoms with E-state index in [2.05, 4.69) is 12.6 Å². The Balaban J connectivity index is 2.78. The van der Waals surface area contributed by atoms with E-state index in [0.717, 1.165) is 5.57 Å². The molecule has 0 aromatic carbocycles. The lowest BCUT2D eigenvalue weighted by molar-refractivity contribution is -0.107. The lowest BCUT2D eigenvalue weighted by Gasteiger charge is -1.92. The Bertz CT molecular complexity index is 223. The van der Waals surface area contributed by atoms with Crippen LogP contribution in [0.1, 0.15) is 6.42 Å². The number of carbonyl (C=O) groups is 1. The van der Waals surface area contributed by atoms with Crippen LogP contribution in [0, 0.1) is 0 Å². The van der Waals surface area contributed by atoms with Gasteiger partial charge in [0.05, 0.1) is 0 Å². The smallest absolute Gasteiger partial charge is 0.212 e. The molecule has 1 nitrogen and oxygen atoms in total. The summed E-state index contributed by atoms with van der Waals surface area (Å²) in [5.41, 5.74) is 0.744. The number of allylic oxidation sites excluding steroid dienone is 5. The van der Waals surface area contributed by atoms with E-state index in [0.29, 0.717) is 6.42 Å². The van der Waals surface area contributed by atoms with Crippen LogP contribution in [0.25, 0.3) is 0 Å². The summed E-state index contributed by atoms with van der Waals surface area (Å²) in [4.78, 5) is 10.7. The quantitative estimate of drug-likeness (QED) is 0.568. The molecular formula is C8H8OS. The molecule has 0 aromatic heterocycles. The van der Waals surface area contributed by atoms with E-state index < -0.39 is 0 Å². The van der Waals surface area contributed by atoms with E-state index in [1.54, 1.807) is 6.08 Å². The summed E-state index contributed by atoms with van der Waals surface area (Å²) in [6, 6.07) is 0. The largest absolute Gasteiger partial charge is 0.282 e. The van der Waals surface area contributed by atoms with Crippen LogP contribution in [-0.4, -0.2) is 5.12 Å². The van der Waals surface area contributed by atoms with Crippen molar-refractivity contribution in [2.75, 3.05) is 0 Å². The highest BCUT2D eigenvalue weighted by atomic mass is 32.1. The predicted molar refractivity (Wildman–Crippen MR) is 45.0 cm³/mol. The first-order valence-corrected chi connectivity index (χ1v) is 3.51. The topological polar surface area (TPSA) is 17.1 Å². The summed E-state index contributed by atoms with van der Waals surface area (Å²) in [5.74, 6) is 0. The van der Waals surface area contributed by atoms with Crippen LogP contribution in [0.4, 0.5) is 0 Å². The molecule has 0 radical (unpaired) electrons. The Labute approximate surface area is 65.5 Å². The molecule has 0 bridgehead atoms. The normalized spacial score (nSPS) is 16.3. The average Bonchev–Trinajstić information content (AvgIpc) is 2.12. The second-order valence-electron chi connectivity index (χ2n) is 2.01. The Hall–Kier alpha value is -0.760. The van der Waals surface area contributed by atoms with Gasteiger partial charge in [-0.15, -0.1) is 12.6 Å². The SMILES string of the molecule is O=C(S)C1=CC=CC=CC1. The molecule has 10 heavy (non-hydrogen) atoms. The molecule has 0 heterocycles.